The van der Waals surface area contributed by atoms with Crippen LogP contribution in [0.1, 0.15) is 35.8 Å². The molecule has 0 radical (unpaired) electrons. The summed E-state index contributed by atoms with van der Waals surface area (Å²) in [5.41, 5.74) is 0.832. The van der Waals surface area contributed by atoms with Crippen molar-refractivity contribution in [3.05, 3.63) is 59.7 Å². The lowest BCUT2D eigenvalue weighted by atomic mass is 10.0. The number of benzene rings is 1. The third-order valence-corrected chi connectivity index (χ3v) is 7.19. The van der Waals surface area contributed by atoms with Gasteiger partial charge in [0.1, 0.15) is 5.82 Å². The second-order valence-corrected chi connectivity index (χ2v) is 9.47. The van der Waals surface area contributed by atoms with Gasteiger partial charge in [-0.15, -0.1) is 0 Å². The summed E-state index contributed by atoms with van der Waals surface area (Å²) in [6.45, 7) is 4.45. The van der Waals surface area contributed by atoms with Crippen LogP contribution in [0.25, 0.3) is 0 Å². The number of carbonyl (C=O) groups excluding carboxylic acids is 1. The Kier molecular flexibility index (Phi) is 7.74. The minimum absolute atomic E-state index is 0.0213. The van der Waals surface area contributed by atoms with Crippen molar-refractivity contribution < 1.29 is 17.6 Å². The Morgan fingerprint density at radius 3 is 2.65 bits per heavy atom. The fourth-order valence-electron chi connectivity index (χ4n) is 3.81. The number of piperidine rings is 1. The topological polar surface area (TPSA) is 82.6 Å². The normalized spacial score (nSPS) is 15.7. The second kappa shape index (κ2) is 10.3. The number of pyridine rings is 1. The maximum absolute atomic E-state index is 14.4. The molecule has 1 fully saturated rings. The average Bonchev–Trinajstić information content (AvgIpc) is 2.78. The number of sulfonamides is 1. The highest BCUT2D eigenvalue weighted by Crippen LogP contribution is 2.21. The molecule has 31 heavy (non-hydrogen) atoms. The minimum atomic E-state index is -3.77. The van der Waals surface area contributed by atoms with E-state index in [2.05, 4.69) is 14.6 Å². The van der Waals surface area contributed by atoms with Crippen molar-refractivity contribution in [2.75, 3.05) is 33.2 Å². The number of aromatic nitrogens is 1. The van der Waals surface area contributed by atoms with Gasteiger partial charge in [-0.2, -0.15) is 0 Å². The molecule has 0 saturated carbocycles. The monoisotopic (exact) mass is 448 g/mol. The van der Waals surface area contributed by atoms with E-state index >= 15 is 0 Å². The number of hydrogen-bond acceptors (Lipinski definition) is 5. The van der Waals surface area contributed by atoms with Crippen LogP contribution in [-0.4, -0.2) is 68.4 Å². The zero-order valence-electron chi connectivity index (χ0n) is 17.9. The van der Waals surface area contributed by atoms with Gasteiger partial charge in [0.15, 0.2) is 0 Å². The number of amides is 1. The molecule has 0 bridgehead atoms. The molecule has 0 unspecified atom stereocenters. The summed E-state index contributed by atoms with van der Waals surface area (Å²) in [6, 6.07) is 9.19. The summed E-state index contributed by atoms with van der Waals surface area (Å²) in [6.07, 6.45) is 4.22. The van der Waals surface area contributed by atoms with E-state index in [1.165, 1.54) is 11.0 Å². The molecule has 1 saturated heterocycles. The molecule has 9 heteroatoms. The predicted molar refractivity (Wildman–Crippen MR) is 117 cm³/mol. The van der Waals surface area contributed by atoms with Gasteiger partial charge in [0, 0.05) is 57.6 Å². The zero-order valence-corrected chi connectivity index (χ0v) is 18.7. The van der Waals surface area contributed by atoms with Crippen LogP contribution >= 0.6 is 0 Å². The molecular formula is C22H29FN4O3S. The molecule has 1 aliphatic rings. The fourth-order valence-corrected chi connectivity index (χ4v) is 4.88. The highest BCUT2D eigenvalue weighted by Gasteiger charge is 2.28. The van der Waals surface area contributed by atoms with Gasteiger partial charge in [0.05, 0.1) is 10.5 Å². The first-order chi connectivity index (χ1) is 14.8. The Hall–Kier alpha value is -2.36. The van der Waals surface area contributed by atoms with Crippen LogP contribution in [0.3, 0.4) is 0 Å². The van der Waals surface area contributed by atoms with Gasteiger partial charge in [-0.3, -0.25) is 9.78 Å². The highest BCUT2D eigenvalue weighted by molar-refractivity contribution is 7.89. The van der Waals surface area contributed by atoms with Crippen LogP contribution in [0.5, 0.6) is 0 Å². The van der Waals surface area contributed by atoms with Crippen molar-refractivity contribution in [2.24, 2.45) is 0 Å². The smallest absolute Gasteiger partial charge is 0.256 e. The molecule has 1 aliphatic heterocycles. The molecule has 7 nitrogen and oxygen atoms in total. The minimum Gasteiger partial charge on any atom is -0.339 e. The maximum atomic E-state index is 14.4. The van der Waals surface area contributed by atoms with Gasteiger partial charge in [-0.1, -0.05) is 13.0 Å². The van der Waals surface area contributed by atoms with Crippen LogP contribution in [-0.2, 0) is 16.4 Å². The molecule has 1 N–H and O–H groups in total. The highest BCUT2D eigenvalue weighted by atomic mass is 32.2. The molecule has 1 aromatic carbocycles. The molecule has 2 aromatic rings. The summed E-state index contributed by atoms with van der Waals surface area (Å²) in [5, 5.41) is 0. The molecule has 3 rings (SSSR count). The van der Waals surface area contributed by atoms with Crippen molar-refractivity contribution in [1.29, 1.82) is 0 Å². The number of halogens is 1. The van der Waals surface area contributed by atoms with Gasteiger partial charge in [-0.25, -0.2) is 17.5 Å². The first-order valence-electron chi connectivity index (χ1n) is 10.5. The van der Waals surface area contributed by atoms with E-state index in [4.69, 9.17) is 0 Å². The number of carbonyl (C=O) groups is 1. The van der Waals surface area contributed by atoms with Crippen molar-refractivity contribution in [3.8, 4) is 0 Å². The molecular weight excluding hydrogens is 419 g/mol. The Morgan fingerprint density at radius 2 is 2.00 bits per heavy atom. The van der Waals surface area contributed by atoms with E-state index in [-0.39, 0.29) is 23.0 Å². The zero-order chi connectivity index (χ0) is 22.4. The summed E-state index contributed by atoms with van der Waals surface area (Å²) >= 11 is 0. The number of rotatable bonds is 8. The van der Waals surface area contributed by atoms with E-state index in [0.29, 0.717) is 0 Å². The average molecular weight is 449 g/mol. The number of hydrogen-bond donors (Lipinski definition) is 1. The van der Waals surface area contributed by atoms with E-state index in [1.54, 1.807) is 20.2 Å². The van der Waals surface area contributed by atoms with Crippen molar-refractivity contribution in [3.63, 3.8) is 0 Å². The summed E-state index contributed by atoms with van der Waals surface area (Å²) in [4.78, 5) is 21.1. The lowest BCUT2D eigenvalue weighted by Crippen LogP contribution is -2.46. The Bertz CT molecular complexity index is 993. The van der Waals surface area contributed by atoms with E-state index in [0.717, 1.165) is 56.7 Å². The van der Waals surface area contributed by atoms with Gasteiger partial charge >= 0.3 is 0 Å². The van der Waals surface area contributed by atoms with E-state index < -0.39 is 21.7 Å². The molecule has 0 atom stereocenters. The molecule has 1 amide bonds. The SMILES string of the molecule is CCNS(=O)(=O)c1ccc(F)c(C(=O)N(C)C2CCN(CCc3ccccn3)CC2)c1. The first kappa shape index (κ1) is 23.3. The van der Waals surface area contributed by atoms with E-state index in [1.807, 2.05) is 18.2 Å². The lowest BCUT2D eigenvalue weighted by molar-refractivity contribution is 0.0638. The molecule has 0 spiro atoms. The van der Waals surface area contributed by atoms with Crippen LogP contribution in [0, 0.1) is 5.82 Å². The lowest BCUT2D eigenvalue weighted by Gasteiger charge is -2.36. The van der Waals surface area contributed by atoms with Crippen LogP contribution in [0.4, 0.5) is 4.39 Å². The fraction of sp³-hybridized carbons (Fsp3) is 0.455. The largest absolute Gasteiger partial charge is 0.339 e. The maximum Gasteiger partial charge on any atom is 0.256 e. The van der Waals surface area contributed by atoms with Crippen LogP contribution in [0.2, 0.25) is 0 Å². The Morgan fingerprint density at radius 1 is 1.26 bits per heavy atom. The molecule has 168 valence electrons. The summed E-state index contributed by atoms with van der Waals surface area (Å²) in [5.74, 6) is -1.22. The summed E-state index contributed by atoms with van der Waals surface area (Å²) < 4.78 is 41.2. The Labute approximate surface area is 183 Å². The van der Waals surface area contributed by atoms with Crippen molar-refractivity contribution in [1.82, 2.24) is 19.5 Å². The second-order valence-electron chi connectivity index (χ2n) is 7.70. The van der Waals surface area contributed by atoms with Crippen molar-refractivity contribution in [2.45, 2.75) is 37.1 Å². The van der Waals surface area contributed by atoms with Crippen molar-refractivity contribution >= 4 is 15.9 Å². The number of nitrogens with one attached hydrogen (secondary N) is 1. The summed E-state index contributed by atoms with van der Waals surface area (Å²) in [7, 11) is -2.12. The third kappa shape index (κ3) is 5.87. The van der Waals surface area contributed by atoms with Crippen LogP contribution < -0.4 is 4.72 Å². The van der Waals surface area contributed by atoms with E-state index in [9.17, 15) is 17.6 Å². The predicted octanol–water partition coefficient (Wildman–Crippen LogP) is 2.30. The standard InChI is InChI=1S/C22H29FN4O3S/c1-3-25-31(29,30)19-7-8-21(23)20(16-19)22(28)26(2)18-10-14-27(15-11-18)13-9-17-6-4-5-12-24-17/h4-8,12,16,18,25H,3,9-11,13-15H2,1-2H3. The third-order valence-electron chi connectivity index (χ3n) is 5.65. The molecule has 2 heterocycles. The quantitative estimate of drug-likeness (QED) is 0.670. The number of likely N-dealkylation sites (tertiary alicyclic amines) is 1. The molecule has 1 aromatic heterocycles. The Balaban J connectivity index is 1.61. The van der Waals surface area contributed by atoms with Gasteiger partial charge < -0.3 is 9.80 Å². The first-order valence-corrected chi connectivity index (χ1v) is 12.0. The van der Waals surface area contributed by atoms with Crippen LogP contribution in [0.15, 0.2) is 47.5 Å². The number of nitrogens with zero attached hydrogens (tertiary/aromatic N) is 3. The molecule has 0 aliphatic carbocycles. The van der Waals surface area contributed by atoms with Gasteiger partial charge in [-0.05, 0) is 43.2 Å². The van der Waals surface area contributed by atoms with Gasteiger partial charge in [0.2, 0.25) is 10.0 Å². The van der Waals surface area contributed by atoms with Gasteiger partial charge in [0.25, 0.3) is 5.91 Å².